The molecular formula is C104H92BrN23O21. The average Bonchev–Trinajstić information content (AvgIpc) is 1.62. The van der Waals surface area contributed by atoms with Gasteiger partial charge in [-0.05, 0) is 177 Å². The Morgan fingerprint density at radius 2 is 0.658 bits per heavy atom. The van der Waals surface area contributed by atoms with Gasteiger partial charge in [0.25, 0.3) is 59.1 Å². The van der Waals surface area contributed by atoms with E-state index in [2.05, 4.69) is 109 Å². The molecule has 17 heterocycles. The van der Waals surface area contributed by atoms with Crippen molar-refractivity contribution in [3.8, 4) is 51.4 Å². The van der Waals surface area contributed by atoms with Crippen molar-refractivity contribution in [1.29, 1.82) is 0 Å². The fourth-order valence-corrected chi connectivity index (χ4v) is 19.6. The van der Waals surface area contributed by atoms with Gasteiger partial charge in [-0.3, -0.25) is 99.4 Å². The summed E-state index contributed by atoms with van der Waals surface area (Å²) < 4.78 is 32.2. The third-order valence-electron chi connectivity index (χ3n) is 27.1. The maximum absolute atomic E-state index is 13.1. The Hall–Kier alpha value is -18.6. The molecule has 0 saturated carbocycles. The molecule has 756 valence electrons. The molecule has 0 bridgehead atoms. The number of amides is 20. The second-order valence-electron chi connectivity index (χ2n) is 35.9. The number of hydrogen-bond donors (Lipinski definition) is 10. The second-order valence-corrected chi connectivity index (χ2v) is 36.8. The van der Waals surface area contributed by atoms with Crippen molar-refractivity contribution < 1.29 is 100 Å². The zero-order chi connectivity index (χ0) is 104. The molecule has 20 amide bonds. The summed E-state index contributed by atoms with van der Waals surface area (Å²) in [5.74, 6) is -0.406. The van der Waals surface area contributed by atoms with Crippen molar-refractivity contribution in [2.45, 2.75) is 60.4 Å². The molecule has 12 aromatic rings. The number of carbonyl (C=O) groups excluding carboxylic acids is 15. The number of methoxy groups -OCH3 is 5. The molecule has 11 aliphatic heterocycles. The number of hydrogen-bond acceptors (Lipinski definition) is 29. The first kappa shape index (κ1) is 99.2. The van der Waals surface area contributed by atoms with Crippen molar-refractivity contribution >= 4 is 111 Å². The van der Waals surface area contributed by atoms with Crippen molar-refractivity contribution in [3.63, 3.8) is 0 Å². The maximum Gasteiger partial charge on any atom is 0.322 e. The van der Waals surface area contributed by atoms with E-state index >= 15 is 0 Å². The predicted octanol–water partition coefficient (Wildman–Crippen LogP) is 6.63. The zero-order valence-electron chi connectivity index (χ0n) is 80.2. The van der Waals surface area contributed by atoms with E-state index in [0.29, 0.717) is 148 Å². The van der Waals surface area contributed by atoms with Gasteiger partial charge in [0.1, 0.15) is 28.7 Å². The minimum absolute atomic E-state index is 0.0165. The Morgan fingerprint density at radius 1 is 0.315 bits per heavy atom. The Bertz CT molecular complexity index is 7240. The summed E-state index contributed by atoms with van der Waals surface area (Å²) in [6.07, 6.45) is 14.2. The van der Waals surface area contributed by atoms with Gasteiger partial charge < -0.3 is 84.4 Å². The first-order valence-electron chi connectivity index (χ1n) is 46.5. The predicted molar refractivity (Wildman–Crippen MR) is 529 cm³/mol. The molecule has 6 aromatic heterocycles. The number of ether oxygens (including phenoxy) is 6. The van der Waals surface area contributed by atoms with Gasteiger partial charge in [0.2, 0.25) is 0 Å². The van der Waals surface area contributed by atoms with Crippen molar-refractivity contribution in [2.75, 3.05) is 99.5 Å². The normalized spacial score (nSPS) is 20.8. The molecule has 0 radical (unpaired) electrons. The summed E-state index contributed by atoms with van der Waals surface area (Å²) in [7, 11) is 7.68. The fourth-order valence-electron chi connectivity index (χ4n) is 19.4. The van der Waals surface area contributed by atoms with Gasteiger partial charge in [-0.15, -0.1) is 0 Å². The average molecular weight is 2080 g/mol. The Labute approximate surface area is 856 Å². The standard InChI is InChI=1S/C23H19N5O4.C23H24N4O5.C22H18N6O4.C18H15BrN4O4.C18H16N4O4/c1-32-17-6-4-15-12-28(20(29)18(15)9-17)13-23(21(30)26-22(31)27-23)16-5-7-19(25-11-16)14-3-2-8-24-10-14;1-31-18-7-2-15-13-27(20(28)19(15)12-18)14-23(21(29)24-22(30)25-23)16-3-5-17(6-4-16)26-8-10-32-11-9-26;1-32-16-5-4-14-11-28(19(29)17(14)7-16)12-22(20(30)26-21(31)27-22)15-9-24-18(25-10-15)13-3-2-6-23-8-13;1-27-12-4-2-10-8-23(15(24)13(10)6-12)9-18(16(25)21-17(26)22-18)14-5-3-11(19)7-20-14;1-26-12-6-5-11-9-22(15(23)13(11)8-12)10-18(14-4-2-3-7-19-14)16(24)20-17(25)21-18/h2-11H,12-13H2,1H3,(H2,26,27,30,31);2-7,12H,8-11,13-14H2,1H3,(H2,24,25,29,30);2-10H,11-12H2,1H3,(H2,26,27,30,31);2-7H,8-9H2,1H3,(H2,21,22,25,26);2-8H,9-10H2,1H3,(H2,20,21,24,25)/t;23-;;;/m.0.../s1. The summed E-state index contributed by atoms with van der Waals surface area (Å²) in [6, 6.07) is 50.2. The lowest BCUT2D eigenvalue weighted by atomic mass is 9.89. The number of nitrogens with zero attached hydrogens (tertiary/aromatic N) is 13. The number of nitrogens with one attached hydrogen (secondary N) is 10. The van der Waals surface area contributed by atoms with E-state index in [4.69, 9.17) is 28.4 Å². The molecule has 6 saturated heterocycles. The summed E-state index contributed by atoms with van der Waals surface area (Å²) in [4.78, 5) is 229. The van der Waals surface area contributed by atoms with Crippen LogP contribution in [0.5, 0.6) is 28.7 Å². The molecule has 0 aliphatic carbocycles. The molecule has 4 unspecified atom stereocenters. The number of anilines is 1. The lowest BCUT2D eigenvalue weighted by Crippen LogP contribution is -2.53. The summed E-state index contributed by atoms with van der Waals surface area (Å²) in [6.45, 7) is 4.47. The van der Waals surface area contributed by atoms with Crippen LogP contribution in [-0.2, 0) is 89.1 Å². The van der Waals surface area contributed by atoms with Crippen molar-refractivity contribution in [2.24, 2.45) is 0 Å². The summed E-state index contributed by atoms with van der Waals surface area (Å²) in [5, 5.41) is 24.9. The summed E-state index contributed by atoms with van der Waals surface area (Å²) in [5.41, 5.74) is 5.11. The highest BCUT2D eigenvalue weighted by Gasteiger charge is 2.57. The number of morpholine rings is 1. The molecule has 5 atom stereocenters. The van der Waals surface area contributed by atoms with Gasteiger partial charge in [0.15, 0.2) is 33.5 Å². The van der Waals surface area contributed by atoms with Gasteiger partial charge in [0.05, 0.1) is 98.6 Å². The van der Waals surface area contributed by atoms with Crippen LogP contribution < -0.4 is 81.8 Å². The van der Waals surface area contributed by atoms with E-state index in [1.54, 1.807) is 169 Å². The van der Waals surface area contributed by atoms with Crippen LogP contribution >= 0.6 is 15.9 Å². The van der Waals surface area contributed by atoms with Crippen LogP contribution in [0.15, 0.2) is 242 Å². The number of aromatic nitrogens is 7. The Morgan fingerprint density at radius 3 is 0.980 bits per heavy atom. The van der Waals surface area contributed by atoms with E-state index in [-0.39, 0.29) is 62.3 Å². The topological polar surface area (TPSA) is 541 Å². The van der Waals surface area contributed by atoms with Crippen LogP contribution in [-0.4, -0.2) is 243 Å². The number of fused-ring (bicyclic) bond motifs is 5. The molecule has 23 rings (SSSR count). The number of carbonyl (C=O) groups is 15. The molecule has 10 N–H and O–H groups in total. The third-order valence-corrected chi connectivity index (χ3v) is 27.6. The quantitative estimate of drug-likeness (QED) is 0.0300. The van der Waals surface area contributed by atoms with E-state index in [1.165, 1.54) is 55.5 Å². The number of pyridine rings is 5. The minimum Gasteiger partial charge on any atom is -0.497 e. The highest BCUT2D eigenvalue weighted by molar-refractivity contribution is 9.10. The number of urea groups is 5. The monoisotopic (exact) mass is 2080 g/mol. The van der Waals surface area contributed by atoms with Crippen LogP contribution in [0, 0.1) is 0 Å². The molecule has 6 fully saturated rings. The highest BCUT2D eigenvalue weighted by atomic mass is 79.9. The molecule has 45 heteroatoms. The largest absolute Gasteiger partial charge is 0.497 e. The molecular weight excluding hydrogens is 1990 g/mol. The van der Waals surface area contributed by atoms with Gasteiger partial charge in [0, 0.05) is 162 Å². The Balaban J connectivity index is 0.000000117. The van der Waals surface area contributed by atoms with Crippen LogP contribution in [0.25, 0.3) is 22.6 Å². The van der Waals surface area contributed by atoms with E-state index in [0.717, 1.165) is 56.6 Å². The van der Waals surface area contributed by atoms with Crippen LogP contribution in [0.3, 0.4) is 0 Å². The lowest BCUT2D eigenvalue weighted by molar-refractivity contribution is -0.125. The van der Waals surface area contributed by atoms with E-state index < -0.39 is 87.4 Å². The summed E-state index contributed by atoms with van der Waals surface area (Å²) >= 11 is 3.30. The molecule has 6 aromatic carbocycles. The van der Waals surface area contributed by atoms with Crippen molar-refractivity contribution in [3.05, 3.63) is 326 Å². The number of imide groups is 5. The van der Waals surface area contributed by atoms with Gasteiger partial charge in [-0.2, -0.15) is 0 Å². The smallest absolute Gasteiger partial charge is 0.322 e. The number of rotatable bonds is 23. The van der Waals surface area contributed by atoms with Gasteiger partial charge >= 0.3 is 30.2 Å². The molecule has 149 heavy (non-hydrogen) atoms. The highest BCUT2D eigenvalue weighted by Crippen LogP contribution is 2.41. The molecule has 0 spiro atoms. The van der Waals surface area contributed by atoms with Gasteiger partial charge in [-0.1, -0.05) is 54.6 Å². The Kier molecular flexibility index (Phi) is 27.2. The van der Waals surface area contributed by atoms with Gasteiger partial charge in [-0.25, -0.2) is 33.9 Å². The number of benzene rings is 6. The third kappa shape index (κ3) is 19.3. The van der Waals surface area contributed by atoms with E-state index in [9.17, 15) is 71.9 Å². The zero-order valence-corrected chi connectivity index (χ0v) is 81.8. The first-order valence-corrected chi connectivity index (χ1v) is 47.3. The lowest BCUT2D eigenvalue weighted by Gasteiger charge is -2.32. The SMILES string of the molecule is COc1ccc2c(c1)C(=O)N(CC1(c3ccc(-c4cccnc4)nc3)NC(=O)NC1=O)C2.COc1ccc2c(c1)C(=O)N(CC1(c3ccc(Br)cn3)NC(=O)NC1=O)C2.COc1ccc2c(c1)C(=O)N(CC1(c3ccccn3)NC(=O)NC1=O)C2.COc1ccc2c(c1)C(=O)N(CC1(c3cnc(-c4cccnc4)nc3)NC(=O)NC1=O)C2.COc1ccc2c(c1)C(=O)N(C[C@@]1(c3ccc(N4CCOCC4)cc3)NC(=O)NC1=O)C2. The maximum atomic E-state index is 13.1. The van der Waals surface area contributed by atoms with E-state index in [1.807, 2.05) is 72.8 Å². The minimum atomic E-state index is -1.51. The van der Waals surface area contributed by atoms with Crippen LogP contribution in [0.1, 0.15) is 108 Å². The molecule has 11 aliphatic rings. The second kappa shape index (κ2) is 40.9. The van der Waals surface area contributed by atoms with Crippen LogP contribution in [0.4, 0.5) is 29.7 Å². The van der Waals surface area contributed by atoms with Crippen LogP contribution in [0.2, 0.25) is 0 Å². The fraction of sp³-hybridized carbons (Fsp3) is 0.231. The molecule has 44 nitrogen and oxygen atoms in total. The first-order chi connectivity index (χ1) is 71.9. The van der Waals surface area contributed by atoms with Crippen molar-refractivity contribution in [1.82, 2.24) is 113 Å². The number of halogens is 1.